The molecule has 2 aromatic heterocycles. The van der Waals surface area contributed by atoms with Crippen molar-refractivity contribution in [3.63, 3.8) is 0 Å². The SMILES string of the molecule is CC1(C)c2ccccc2-c2c1oc1c2c2ccccc2c2c3ccccc3n(-c3ccccc3)c12. The molecule has 0 saturated heterocycles. The largest absolute Gasteiger partial charge is 0.457 e. The number of rotatable bonds is 1. The highest BCUT2D eigenvalue weighted by atomic mass is 16.3. The summed E-state index contributed by atoms with van der Waals surface area (Å²) in [5.74, 6) is 1.07. The van der Waals surface area contributed by atoms with Crippen molar-refractivity contribution in [1.29, 1.82) is 0 Å². The van der Waals surface area contributed by atoms with Crippen molar-refractivity contribution in [2.24, 2.45) is 0 Å². The van der Waals surface area contributed by atoms with Gasteiger partial charge in [0.15, 0.2) is 5.58 Å². The van der Waals surface area contributed by atoms with Gasteiger partial charge in [-0.15, -0.1) is 0 Å². The van der Waals surface area contributed by atoms with Crippen LogP contribution < -0.4 is 0 Å². The van der Waals surface area contributed by atoms with Crippen molar-refractivity contribution in [3.05, 3.63) is 114 Å². The van der Waals surface area contributed by atoms with Crippen LogP contribution in [0.25, 0.3) is 60.4 Å². The third-order valence-electron chi connectivity index (χ3n) is 7.92. The van der Waals surface area contributed by atoms with Gasteiger partial charge >= 0.3 is 0 Å². The molecule has 1 aliphatic carbocycles. The summed E-state index contributed by atoms with van der Waals surface area (Å²) in [6.45, 7) is 4.57. The van der Waals surface area contributed by atoms with Crippen molar-refractivity contribution in [2.45, 2.75) is 19.3 Å². The molecule has 166 valence electrons. The lowest BCUT2D eigenvalue weighted by molar-refractivity contribution is 0.466. The Kier molecular flexibility index (Phi) is 3.50. The Morgan fingerprint density at radius 2 is 1.26 bits per heavy atom. The van der Waals surface area contributed by atoms with Crippen molar-refractivity contribution in [3.8, 4) is 16.8 Å². The fourth-order valence-electron chi connectivity index (χ4n) is 6.41. The average Bonchev–Trinajstić information content (AvgIpc) is 3.53. The van der Waals surface area contributed by atoms with E-state index in [1.807, 2.05) is 0 Å². The first-order valence-corrected chi connectivity index (χ1v) is 12.2. The highest BCUT2D eigenvalue weighted by Gasteiger charge is 2.41. The van der Waals surface area contributed by atoms with E-state index >= 15 is 0 Å². The summed E-state index contributed by atoms with van der Waals surface area (Å²) in [4.78, 5) is 0. The van der Waals surface area contributed by atoms with Gasteiger partial charge in [0.1, 0.15) is 5.76 Å². The maximum absolute atomic E-state index is 7.00. The first-order chi connectivity index (χ1) is 17.2. The summed E-state index contributed by atoms with van der Waals surface area (Å²) in [5, 5.41) is 6.25. The van der Waals surface area contributed by atoms with Crippen LogP contribution >= 0.6 is 0 Å². The molecular formula is C33H23NO. The van der Waals surface area contributed by atoms with Gasteiger partial charge in [0.25, 0.3) is 0 Å². The van der Waals surface area contributed by atoms with E-state index in [4.69, 9.17) is 4.42 Å². The predicted octanol–water partition coefficient (Wildman–Crippen LogP) is 8.99. The molecule has 0 atom stereocenters. The van der Waals surface area contributed by atoms with E-state index in [-0.39, 0.29) is 5.41 Å². The van der Waals surface area contributed by atoms with Gasteiger partial charge in [-0.1, -0.05) is 84.9 Å². The van der Waals surface area contributed by atoms with Gasteiger partial charge in [0.2, 0.25) is 0 Å². The van der Waals surface area contributed by atoms with Crippen molar-refractivity contribution in [1.82, 2.24) is 4.57 Å². The monoisotopic (exact) mass is 449 g/mol. The van der Waals surface area contributed by atoms with Gasteiger partial charge in [0, 0.05) is 32.8 Å². The van der Waals surface area contributed by atoms with E-state index < -0.39 is 0 Å². The molecule has 0 N–H and O–H groups in total. The first kappa shape index (κ1) is 19.1. The quantitative estimate of drug-likeness (QED) is 0.244. The molecule has 0 bridgehead atoms. The molecule has 0 radical (unpaired) electrons. The molecule has 2 heteroatoms. The molecule has 0 amide bonds. The molecule has 8 rings (SSSR count). The van der Waals surface area contributed by atoms with Crippen molar-refractivity contribution in [2.75, 3.05) is 0 Å². The Bertz CT molecular complexity index is 1970. The highest BCUT2D eigenvalue weighted by molar-refractivity contribution is 6.33. The zero-order valence-corrected chi connectivity index (χ0v) is 19.7. The van der Waals surface area contributed by atoms with Gasteiger partial charge in [-0.05, 0) is 53.9 Å². The van der Waals surface area contributed by atoms with E-state index in [1.165, 1.54) is 49.1 Å². The normalized spacial score (nSPS) is 14.2. The summed E-state index contributed by atoms with van der Waals surface area (Å²) in [6, 6.07) is 37.0. The third-order valence-corrected chi connectivity index (χ3v) is 7.92. The second kappa shape index (κ2) is 6.43. The predicted molar refractivity (Wildman–Crippen MR) is 146 cm³/mol. The van der Waals surface area contributed by atoms with Gasteiger partial charge in [0.05, 0.1) is 11.0 Å². The molecule has 5 aromatic carbocycles. The topological polar surface area (TPSA) is 18.1 Å². The number of aromatic nitrogens is 1. The van der Waals surface area contributed by atoms with Crippen LogP contribution in [0.2, 0.25) is 0 Å². The second-order valence-electron chi connectivity index (χ2n) is 10.1. The fraction of sp³-hybridized carbons (Fsp3) is 0.0909. The number of fused-ring (bicyclic) bond motifs is 12. The lowest BCUT2D eigenvalue weighted by atomic mass is 9.86. The molecule has 2 heterocycles. The second-order valence-corrected chi connectivity index (χ2v) is 10.1. The van der Waals surface area contributed by atoms with Crippen molar-refractivity contribution < 1.29 is 4.42 Å². The van der Waals surface area contributed by atoms with E-state index in [1.54, 1.807) is 0 Å². The molecule has 0 saturated carbocycles. The van der Waals surface area contributed by atoms with Crippen LogP contribution in [0, 0.1) is 0 Å². The van der Waals surface area contributed by atoms with E-state index in [2.05, 4.69) is 122 Å². The van der Waals surface area contributed by atoms with Crippen LogP contribution in [0.3, 0.4) is 0 Å². The molecule has 2 nitrogen and oxygen atoms in total. The Morgan fingerprint density at radius 3 is 2.06 bits per heavy atom. The van der Waals surface area contributed by atoms with E-state index in [9.17, 15) is 0 Å². The van der Waals surface area contributed by atoms with Gasteiger partial charge < -0.3 is 8.98 Å². The molecule has 0 fully saturated rings. The third kappa shape index (κ3) is 2.25. The summed E-state index contributed by atoms with van der Waals surface area (Å²) >= 11 is 0. The Balaban J connectivity index is 1.71. The van der Waals surface area contributed by atoms with Crippen molar-refractivity contribution >= 4 is 43.5 Å². The molecule has 0 aliphatic heterocycles. The van der Waals surface area contributed by atoms with Crippen LogP contribution in [0.15, 0.2) is 108 Å². The number of hydrogen-bond acceptors (Lipinski definition) is 1. The zero-order chi connectivity index (χ0) is 23.3. The summed E-state index contributed by atoms with van der Waals surface area (Å²) < 4.78 is 9.39. The van der Waals surface area contributed by atoms with E-state index in [0.717, 1.165) is 22.5 Å². The van der Waals surface area contributed by atoms with Gasteiger partial charge in [-0.25, -0.2) is 0 Å². The van der Waals surface area contributed by atoms with Crippen LogP contribution in [0.4, 0.5) is 0 Å². The van der Waals surface area contributed by atoms with E-state index in [0.29, 0.717) is 0 Å². The molecule has 0 unspecified atom stereocenters. The highest BCUT2D eigenvalue weighted by Crippen LogP contribution is 2.56. The smallest absolute Gasteiger partial charge is 0.160 e. The minimum absolute atomic E-state index is 0.192. The van der Waals surface area contributed by atoms with Crippen LogP contribution in [-0.4, -0.2) is 4.57 Å². The summed E-state index contributed by atoms with van der Waals surface area (Å²) in [6.07, 6.45) is 0. The zero-order valence-electron chi connectivity index (χ0n) is 19.7. The standard InChI is InChI=1S/C33H23NO/c1-33(2)25-18-10-8-16-23(25)29-28-22-15-7-6-14-21(22)27-24-17-9-11-19-26(24)34(20-12-4-3-5-13-20)30(27)31(28)35-32(29)33/h3-19H,1-2H3. The molecule has 0 spiro atoms. The first-order valence-electron chi connectivity index (χ1n) is 12.2. The Morgan fingerprint density at radius 1 is 0.629 bits per heavy atom. The Labute approximate surface area is 203 Å². The lowest BCUT2D eigenvalue weighted by Crippen LogP contribution is -2.14. The number of nitrogens with zero attached hydrogens (tertiary/aromatic N) is 1. The molecule has 7 aromatic rings. The molecule has 35 heavy (non-hydrogen) atoms. The van der Waals surface area contributed by atoms with Crippen LogP contribution in [-0.2, 0) is 5.41 Å². The summed E-state index contributed by atoms with van der Waals surface area (Å²) in [5.41, 5.74) is 8.15. The fourth-order valence-corrected chi connectivity index (χ4v) is 6.41. The average molecular weight is 450 g/mol. The van der Waals surface area contributed by atoms with Gasteiger partial charge in [-0.2, -0.15) is 0 Å². The minimum atomic E-state index is -0.192. The minimum Gasteiger partial charge on any atom is -0.457 e. The Hall–Kier alpha value is -4.30. The number of hydrogen-bond donors (Lipinski definition) is 0. The van der Waals surface area contributed by atoms with Crippen LogP contribution in [0.5, 0.6) is 0 Å². The molecule has 1 aliphatic rings. The summed E-state index contributed by atoms with van der Waals surface area (Å²) in [7, 11) is 0. The van der Waals surface area contributed by atoms with Gasteiger partial charge in [-0.3, -0.25) is 0 Å². The van der Waals surface area contributed by atoms with Crippen LogP contribution in [0.1, 0.15) is 25.2 Å². The number of benzene rings is 5. The number of para-hydroxylation sites is 2. The lowest BCUT2D eigenvalue weighted by Gasteiger charge is -2.18. The number of furan rings is 1. The maximum Gasteiger partial charge on any atom is 0.160 e. The maximum atomic E-state index is 7.00. The molecular weight excluding hydrogens is 426 g/mol.